The summed E-state index contributed by atoms with van der Waals surface area (Å²) in [5, 5.41) is 5.67. The minimum atomic E-state index is 0.999. The molecule has 0 aromatic carbocycles. The zero-order chi connectivity index (χ0) is 11.9. The van der Waals surface area contributed by atoms with Crippen LogP contribution in [0.2, 0.25) is 0 Å². The summed E-state index contributed by atoms with van der Waals surface area (Å²) < 4.78 is 1.20. The Labute approximate surface area is 120 Å². The molecule has 1 aromatic rings. The Kier molecular flexibility index (Phi) is 6.36. The SMILES string of the molecule is Brc1csc(CNCCN2CCCSCC2)c1. The number of hydrogen-bond donors (Lipinski definition) is 1. The van der Waals surface area contributed by atoms with Crippen molar-refractivity contribution < 1.29 is 0 Å². The Morgan fingerprint density at radius 1 is 1.35 bits per heavy atom. The Bertz CT molecular complexity index is 322. The first-order chi connectivity index (χ1) is 8.34. The Morgan fingerprint density at radius 3 is 3.12 bits per heavy atom. The monoisotopic (exact) mass is 334 g/mol. The van der Waals surface area contributed by atoms with Crippen LogP contribution < -0.4 is 5.32 Å². The van der Waals surface area contributed by atoms with E-state index in [0.29, 0.717) is 0 Å². The Morgan fingerprint density at radius 2 is 2.29 bits per heavy atom. The van der Waals surface area contributed by atoms with Crippen LogP contribution in [0, 0.1) is 0 Å². The molecule has 1 aliphatic rings. The Balaban J connectivity index is 1.59. The van der Waals surface area contributed by atoms with Crippen LogP contribution >= 0.6 is 39.0 Å². The fraction of sp³-hybridized carbons (Fsp3) is 0.667. The van der Waals surface area contributed by atoms with E-state index in [4.69, 9.17) is 0 Å². The van der Waals surface area contributed by atoms with Gasteiger partial charge in [0, 0.05) is 46.7 Å². The van der Waals surface area contributed by atoms with Gasteiger partial charge in [-0.1, -0.05) is 0 Å². The molecule has 96 valence electrons. The molecule has 0 atom stereocenters. The number of halogens is 1. The van der Waals surface area contributed by atoms with E-state index in [1.807, 2.05) is 11.3 Å². The molecule has 0 aliphatic carbocycles. The van der Waals surface area contributed by atoms with Crippen molar-refractivity contribution in [2.75, 3.05) is 37.7 Å². The van der Waals surface area contributed by atoms with E-state index in [0.717, 1.165) is 13.1 Å². The molecule has 1 aromatic heterocycles. The van der Waals surface area contributed by atoms with Gasteiger partial charge in [-0.05, 0) is 40.7 Å². The van der Waals surface area contributed by atoms with Gasteiger partial charge in [-0.25, -0.2) is 0 Å². The minimum absolute atomic E-state index is 0.999. The third-order valence-corrected chi connectivity index (χ3v) is 5.59. The molecule has 2 nitrogen and oxygen atoms in total. The van der Waals surface area contributed by atoms with Gasteiger partial charge in [0.1, 0.15) is 0 Å². The molecule has 0 amide bonds. The molecule has 0 spiro atoms. The van der Waals surface area contributed by atoms with Crippen molar-refractivity contribution in [3.05, 3.63) is 20.8 Å². The lowest BCUT2D eigenvalue weighted by atomic mass is 10.4. The predicted molar refractivity (Wildman–Crippen MR) is 82.1 cm³/mol. The summed E-state index contributed by atoms with van der Waals surface area (Å²) in [6.07, 6.45) is 1.35. The van der Waals surface area contributed by atoms with Gasteiger partial charge >= 0.3 is 0 Å². The van der Waals surface area contributed by atoms with Crippen LogP contribution in [0.4, 0.5) is 0 Å². The van der Waals surface area contributed by atoms with Crippen LogP contribution in [-0.4, -0.2) is 42.6 Å². The average Bonchev–Trinajstić information content (AvgIpc) is 2.59. The van der Waals surface area contributed by atoms with Crippen molar-refractivity contribution in [3.8, 4) is 0 Å². The molecule has 1 aliphatic heterocycles. The molecule has 17 heavy (non-hydrogen) atoms. The van der Waals surface area contributed by atoms with E-state index >= 15 is 0 Å². The lowest BCUT2D eigenvalue weighted by Gasteiger charge is -2.19. The molecule has 2 heterocycles. The van der Waals surface area contributed by atoms with Crippen LogP contribution in [0.25, 0.3) is 0 Å². The predicted octanol–water partition coefficient (Wildman–Crippen LogP) is 3.04. The van der Waals surface area contributed by atoms with Crippen LogP contribution in [0.15, 0.2) is 15.9 Å². The standard InChI is InChI=1S/C12H19BrN2S2/c13-11-8-12(17-10-11)9-14-2-4-15-3-1-6-16-7-5-15/h8,10,14H,1-7,9H2. The summed E-state index contributed by atoms with van der Waals surface area (Å²) >= 11 is 7.39. The number of hydrogen-bond acceptors (Lipinski definition) is 4. The summed E-state index contributed by atoms with van der Waals surface area (Å²) in [5.41, 5.74) is 0. The molecule has 0 bridgehead atoms. The molecule has 0 saturated carbocycles. The first-order valence-electron chi connectivity index (χ1n) is 6.08. The second-order valence-electron chi connectivity index (χ2n) is 4.22. The van der Waals surface area contributed by atoms with Crippen LogP contribution in [0.5, 0.6) is 0 Å². The van der Waals surface area contributed by atoms with Gasteiger partial charge in [-0.3, -0.25) is 0 Å². The first kappa shape index (κ1) is 13.9. The maximum Gasteiger partial charge on any atom is 0.0300 e. The Hall–Kier alpha value is 0.450. The van der Waals surface area contributed by atoms with E-state index in [9.17, 15) is 0 Å². The van der Waals surface area contributed by atoms with E-state index in [1.165, 1.54) is 46.9 Å². The summed E-state index contributed by atoms with van der Waals surface area (Å²) in [6, 6.07) is 2.19. The maximum atomic E-state index is 3.52. The van der Waals surface area contributed by atoms with Gasteiger partial charge in [0.05, 0.1) is 0 Å². The van der Waals surface area contributed by atoms with Crippen molar-refractivity contribution in [1.29, 1.82) is 0 Å². The van der Waals surface area contributed by atoms with E-state index < -0.39 is 0 Å². The van der Waals surface area contributed by atoms with Gasteiger partial charge in [-0.15, -0.1) is 11.3 Å². The zero-order valence-corrected chi connectivity index (χ0v) is 13.2. The fourth-order valence-electron chi connectivity index (χ4n) is 1.92. The van der Waals surface area contributed by atoms with Crippen LogP contribution in [0.1, 0.15) is 11.3 Å². The lowest BCUT2D eigenvalue weighted by Crippen LogP contribution is -2.33. The van der Waals surface area contributed by atoms with E-state index in [2.05, 4.69) is 49.4 Å². The third-order valence-electron chi connectivity index (χ3n) is 2.84. The van der Waals surface area contributed by atoms with E-state index in [-0.39, 0.29) is 0 Å². The second-order valence-corrected chi connectivity index (χ2v) is 7.35. The van der Waals surface area contributed by atoms with Gasteiger partial charge in [0.2, 0.25) is 0 Å². The smallest absolute Gasteiger partial charge is 0.0300 e. The molecular weight excluding hydrogens is 316 g/mol. The summed E-state index contributed by atoms with van der Waals surface area (Å²) in [7, 11) is 0. The molecule has 2 rings (SSSR count). The normalized spacial score (nSPS) is 18.2. The van der Waals surface area contributed by atoms with Crippen LogP contribution in [0.3, 0.4) is 0 Å². The first-order valence-corrected chi connectivity index (χ1v) is 8.91. The fourth-order valence-corrected chi connectivity index (χ4v) is 4.26. The van der Waals surface area contributed by atoms with Crippen molar-refractivity contribution in [3.63, 3.8) is 0 Å². The number of nitrogens with zero attached hydrogens (tertiary/aromatic N) is 1. The highest BCUT2D eigenvalue weighted by molar-refractivity contribution is 9.10. The van der Waals surface area contributed by atoms with Gasteiger partial charge in [-0.2, -0.15) is 11.8 Å². The van der Waals surface area contributed by atoms with Crippen molar-refractivity contribution in [2.45, 2.75) is 13.0 Å². The summed E-state index contributed by atoms with van der Waals surface area (Å²) in [5.74, 6) is 2.64. The molecule has 1 fully saturated rings. The average molecular weight is 335 g/mol. The topological polar surface area (TPSA) is 15.3 Å². The zero-order valence-electron chi connectivity index (χ0n) is 9.95. The molecule has 1 N–H and O–H groups in total. The number of nitrogens with one attached hydrogen (secondary N) is 1. The number of rotatable bonds is 5. The quantitative estimate of drug-likeness (QED) is 0.833. The van der Waals surface area contributed by atoms with Crippen LogP contribution in [-0.2, 0) is 6.54 Å². The van der Waals surface area contributed by atoms with E-state index in [1.54, 1.807) is 0 Å². The third kappa shape index (κ3) is 5.30. The minimum Gasteiger partial charge on any atom is -0.311 e. The second kappa shape index (κ2) is 7.79. The highest BCUT2D eigenvalue weighted by Crippen LogP contribution is 2.19. The molecule has 0 radical (unpaired) electrons. The molecular formula is C12H19BrN2S2. The highest BCUT2D eigenvalue weighted by Gasteiger charge is 2.08. The van der Waals surface area contributed by atoms with Gasteiger partial charge in [0.25, 0.3) is 0 Å². The lowest BCUT2D eigenvalue weighted by molar-refractivity contribution is 0.294. The molecule has 1 saturated heterocycles. The number of thioether (sulfide) groups is 1. The summed E-state index contributed by atoms with van der Waals surface area (Å²) in [4.78, 5) is 3.99. The van der Waals surface area contributed by atoms with Crippen molar-refractivity contribution in [2.24, 2.45) is 0 Å². The largest absolute Gasteiger partial charge is 0.311 e. The molecule has 5 heteroatoms. The maximum absolute atomic E-state index is 3.52. The number of thiophene rings is 1. The van der Waals surface area contributed by atoms with Gasteiger partial charge in [0.15, 0.2) is 0 Å². The van der Waals surface area contributed by atoms with Gasteiger partial charge < -0.3 is 10.2 Å². The molecule has 0 unspecified atom stereocenters. The highest BCUT2D eigenvalue weighted by atomic mass is 79.9. The van der Waals surface area contributed by atoms with Crippen molar-refractivity contribution in [1.82, 2.24) is 10.2 Å². The summed E-state index contributed by atoms with van der Waals surface area (Å²) in [6.45, 7) is 5.82. The van der Waals surface area contributed by atoms with Crippen molar-refractivity contribution >= 4 is 39.0 Å².